The molecule has 1 aromatic carbocycles. The molecule has 0 fully saturated rings. The number of benzene rings is 1. The molecular formula is C17H20O. The zero-order valence-electron chi connectivity index (χ0n) is 11.2. The molecular weight excluding hydrogens is 220 g/mol. The summed E-state index contributed by atoms with van der Waals surface area (Å²) in [5.74, 6) is 12.1. The largest absolute Gasteiger partial charge is 0.378 e. The third kappa shape index (κ3) is 7.55. The van der Waals surface area contributed by atoms with Crippen molar-refractivity contribution in [2.45, 2.75) is 45.1 Å². The van der Waals surface area contributed by atoms with E-state index in [1.165, 1.54) is 0 Å². The van der Waals surface area contributed by atoms with Crippen molar-refractivity contribution in [3.05, 3.63) is 35.9 Å². The van der Waals surface area contributed by atoms with Gasteiger partial charge in [0.05, 0.1) is 0 Å². The molecule has 1 rings (SSSR count). The predicted octanol–water partition coefficient (Wildman–Crippen LogP) is 3.37. The molecule has 0 aliphatic carbocycles. The monoisotopic (exact) mass is 240 g/mol. The van der Waals surface area contributed by atoms with E-state index in [2.05, 4.69) is 23.7 Å². The lowest BCUT2D eigenvalue weighted by Gasteiger charge is -2.05. The first kappa shape index (κ1) is 14.4. The molecule has 0 bridgehead atoms. The van der Waals surface area contributed by atoms with Crippen LogP contribution < -0.4 is 0 Å². The van der Waals surface area contributed by atoms with Gasteiger partial charge in [0.15, 0.2) is 0 Å². The van der Waals surface area contributed by atoms with E-state index in [9.17, 15) is 5.11 Å². The molecule has 1 heteroatoms. The highest BCUT2D eigenvalue weighted by Crippen LogP contribution is 2.01. The second-order valence-electron chi connectivity index (χ2n) is 4.74. The minimum Gasteiger partial charge on any atom is -0.378 e. The fourth-order valence-corrected chi connectivity index (χ4v) is 1.39. The Labute approximate surface area is 110 Å². The third-order valence-electron chi connectivity index (χ3n) is 2.25. The minimum atomic E-state index is -0.868. The van der Waals surface area contributed by atoms with E-state index >= 15 is 0 Å². The van der Waals surface area contributed by atoms with Crippen molar-refractivity contribution < 1.29 is 5.11 Å². The normalized spacial score (nSPS) is 9.94. The summed E-state index contributed by atoms with van der Waals surface area (Å²) >= 11 is 0. The van der Waals surface area contributed by atoms with Crippen LogP contribution in [0.15, 0.2) is 30.3 Å². The highest BCUT2D eigenvalue weighted by atomic mass is 16.3. The number of hydrogen-bond donors (Lipinski definition) is 1. The molecule has 0 amide bonds. The third-order valence-corrected chi connectivity index (χ3v) is 2.25. The van der Waals surface area contributed by atoms with Crippen LogP contribution >= 0.6 is 0 Å². The highest BCUT2D eigenvalue weighted by Gasteiger charge is 2.04. The molecule has 0 atom stereocenters. The molecule has 0 aliphatic heterocycles. The van der Waals surface area contributed by atoms with Gasteiger partial charge in [-0.05, 0) is 38.8 Å². The second-order valence-corrected chi connectivity index (χ2v) is 4.74. The fraction of sp³-hybridized carbons (Fsp3) is 0.412. The summed E-state index contributed by atoms with van der Waals surface area (Å²) in [5, 5.41) is 9.39. The molecule has 0 saturated carbocycles. The van der Waals surface area contributed by atoms with Crippen LogP contribution in [0.25, 0.3) is 0 Å². The summed E-state index contributed by atoms with van der Waals surface area (Å²) in [6.45, 7) is 3.40. The average molecular weight is 240 g/mol. The molecule has 0 saturated heterocycles. The van der Waals surface area contributed by atoms with Crippen LogP contribution in [0.2, 0.25) is 0 Å². The lowest BCUT2D eigenvalue weighted by Crippen LogP contribution is -2.14. The minimum absolute atomic E-state index is 0.830. The Balaban J connectivity index is 2.16. The van der Waals surface area contributed by atoms with E-state index in [-0.39, 0.29) is 0 Å². The van der Waals surface area contributed by atoms with Crippen LogP contribution in [-0.2, 0) is 0 Å². The van der Waals surface area contributed by atoms with Crippen LogP contribution in [0.1, 0.15) is 45.1 Å². The van der Waals surface area contributed by atoms with Gasteiger partial charge in [-0.3, -0.25) is 0 Å². The summed E-state index contributed by atoms with van der Waals surface area (Å²) in [7, 11) is 0. The Morgan fingerprint density at radius 2 is 1.61 bits per heavy atom. The van der Waals surface area contributed by atoms with Gasteiger partial charge in [-0.15, -0.1) is 5.92 Å². The number of hydrogen-bond acceptors (Lipinski definition) is 1. The van der Waals surface area contributed by atoms with Gasteiger partial charge in [-0.2, -0.15) is 0 Å². The van der Waals surface area contributed by atoms with E-state index in [1.807, 2.05) is 30.3 Å². The summed E-state index contributed by atoms with van der Waals surface area (Å²) in [4.78, 5) is 0. The molecule has 1 nitrogen and oxygen atoms in total. The van der Waals surface area contributed by atoms with Gasteiger partial charge in [-0.1, -0.05) is 36.0 Å². The first-order chi connectivity index (χ1) is 8.58. The van der Waals surface area contributed by atoms with Crippen LogP contribution in [0.5, 0.6) is 0 Å². The Morgan fingerprint density at radius 3 is 2.22 bits per heavy atom. The lowest BCUT2D eigenvalue weighted by atomic mass is 10.1. The highest BCUT2D eigenvalue weighted by molar-refractivity contribution is 5.33. The molecule has 0 heterocycles. The van der Waals surface area contributed by atoms with Crippen molar-refractivity contribution in [3.63, 3.8) is 0 Å². The second kappa shape index (κ2) is 7.59. The van der Waals surface area contributed by atoms with Crippen LogP contribution in [0.3, 0.4) is 0 Å². The first-order valence-corrected chi connectivity index (χ1v) is 6.34. The zero-order valence-corrected chi connectivity index (χ0v) is 11.2. The van der Waals surface area contributed by atoms with Gasteiger partial charge in [0.2, 0.25) is 0 Å². The summed E-state index contributed by atoms with van der Waals surface area (Å²) < 4.78 is 0. The van der Waals surface area contributed by atoms with Gasteiger partial charge in [0, 0.05) is 18.4 Å². The molecule has 0 radical (unpaired) electrons. The topological polar surface area (TPSA) is 20.2 Å². The zero-order chi connectivity index (χ0) is 13.3. The maximum absolute atomic E-state index is 9.39. The smallest absolute Gasteiger partial charge is 0.119 e. The fourth-order valence-electron chi connectivity index (χ4n) is 1.39. The van der Waals surface area contributed by atoms with Crippen molar-refractivity contribution in [1.82, 2.24) is 0 Å². The molecule has 1 aromatic rings. The number of unbranched alkanes of at least 4 members (excludes halogenated alkanes) is 3. The summed E-state index contributed by atoms with van der Waals surface area (Å²) in [6.07, 6.45) is 3.82. The van der Waals surface area contributed by atoms with Crippen LogP contribution in [-0.4, -0.2) is 10.7 Å². The molecule has 18 heavy (non-hydrogen) atoms. The number of aliphatic hydroxyl groups is 1. The van der Waals surface area contributed by atoms with Crippen molar-refractivity contribution >= 4 is 0 Å². The Morgan fingerprint density at radius 1 is 1.00 bits per heavy atom. The van der Waals surface area contributed by atoms with Crippen molar-refractivity contribution in [2.24, 2.45) is 0 Å². The van der Waals surface area contributed by atoms with Gasteiger partial charge in [0.25, 0.3) is 0 Å². The van der Waals surface area contributed by atoms with E-state index < -0.39 is 5.60 Å². The Kier molecular flexibility index (Phi) is 6.06. The predicted molar refractivity (Wildman–Crippen MR) is 75.9 cm³/mol. The molecule has 0 aliphatic rings. The SMILES string of the molecule is CC(C)(O)C#CCCCCC#Cc1ccccc1. The molecule has 94 valence electrons. The number of rotatable bonds is 3. The molecule has 1 N–H and O–H groups in total. The van der Waals surface area contributed by atoms with E-state index in [0.717, 1.165) is 31.2 Å². The summed E-state index contributed by atoms with van der Waals surface area (Å²) in [6, 6.07) is 10.0. The van der Waals surface area contributed by atoms with E-state index in [0.29, 0.717) is 0 Å². The lowest BCUT2D eigenvalue weighted by molar-refractivity contribution is 0.143. The quantitative estimate of drug-likeness (QED) is 0.634. The van der Waals surface area contributed by atoms with Gasteiger partial charge >= 0.3 is 0 Å². The maximum atomic E-state index is 9.39. The average Bonchev–Trinajstić information content (AvgIpc) is 2.32. The molecule has 0 unspecified atom stereocenters. The Bertz CT molecular complexity index is 458. The standard InChI is InChI=1S/C17H20O/c1-17(2,18)15-11-6-4-3-5-8-12-16-13-9-7-10-14-16/h7,9-10,13-14,18H,3-6H2,1-2H3. The first-order valence-electron chi connectivity index (χ1n) is 6.34. The van der Waals surface area contributed by atoms with Gasteiger partial charge in [-0.25, -0.2) is 0 Å². The van der Waals surface area contributed by atoms with Gasteiger partial charge < -0.3 is 5.11 Å². The van der Waals surface area contributed by atoms with E-state index in [4.69, 9.17) is 0 Å². The summed E-state index contributed by atoms with van der Waals surface area (Å²) in [5.41, 5.74) is 0.201. The molecule has 0 aromatic heterocycles. The van der Waals surface area contributed by atoms with Crippen molar-refractivity contribution in [1.29, 1.82) is 0 Å². The van der Waals surface area contributed by atoms with Crippen molar-refractivity contribution in [2.75, 3.05) is 0 Å². The van der Waals surface area contributed by atoms with Crippen LogP contribution in [0, 0.1) is 23.7 Å². The Hall–Kier alpha value is -1.70. The van der Waals surface area contributed by atoms with Crippen molar-refractivity contribution in [3.8, 4) is 23.7 Å². The van der Waals surface area contributed by atoms with Crippen LogP contribution in [0.4, 0.5) is 0 Å². The molecule has 0 spiro atoms. The van der Waals surface area contributed by atoms with Gasteiger partial charge in [0.1, 0.15) is 5.60 Å². The van der Waals surface area contributed by atoms with E-state index in [1.54, 1.807) is 13.8 Å². The maximum Gasteiger partial charge on any atom is 0.119 e.